The van der Waals surface area contributed by atoms with Crippen molar-refractivity contribution in [1.82, 2.24) is 5.32 Å². The van der Waals surface area contributed by atoms with Crippen molar-refractivity contribution < 1.29 is 9.90 Å². The van der Waals surface area contributed by atoms with Gasteiger partial charge in [-0.2, -0.15) is 0 Å². The summed E-state index contributed by atoms with van der Waals surface area (Å²) in [6.45, 7) is 1.90. The van der Waals surface area contributed by atoms with Crippen molar-refractivity contribution in [3.8, 4) is 0 Å². The highest BCUT2D eigenvalue weighted by Gasteiger charge is 2.12. The van der Waals surface area contributed by atoms with Crippen molar-refractivity contribution in [3.05, 3.63) is 35.9 Å². The molecule has 1 aromatic carbocycles. The number of benzene rings is 1. The van der Waals surface area contributed by atoms with Gasteiger partial charge in [0.25, 0.3) is 0 Å². The molecule has 0 spiro atoms. The Morgan fingerprint density at radius 3 is 2.24 bits per heavy atom. The Morgan fingerprint density at radius 1 is 1.41 bits per heavy atom. The Bertz CT molecular complexity index is 317. The average molecular weight is 239 g/mol. The first-order chi connectivity index (χ1) is 8.02. The third-order valence-electron chi connectivity index (χ3n) is 2.27. The number of rotatable bonds is 4. The second-order valence-corrected chi connectivity index (χ2v) is 3.60. The molecule has 2 atom stereocenters. The van der Waals surface area contributed by atoms with Crippen LogP contribution in [0.3, 0.4) is 0 Å². The van der Waals surface area contributed by atoms with Crippen LogP contribution in [0.25, 0.3) is 0 Å². The number of primary amides is 1. The Kier molecular flexibility index (Phi) is 7.96. The number of carbonyl (C=O) groups is 1. The van der Waals surface area contributed by atoms with Crippen LogP contribution < -0.4 is 16.8 Å². The molecule has 96 valence electrons. The second-order valence-electron chi connectivity index (χ2n) is 3.60. The van der Waals surface area contributed by atoms with E-state index < -0.39 is 12.0 Å². The van der Waals surface area contributed by atoms with Crippen molar-refractivity contribution in [2.24, 2.45) is 11.5 Å². The maximum atomic E-state index is 9.73. The predicted molar refractivity (Wildman–Crippen MR) is 68.2 cm³/mol. The van der Waals surface area contributed by atoms with E-state index >= 15 is 0 Å². The van der Waals surface area contributed by atoms with Gasteiger partial charge in [-0.25, -0.2) is 0 Å². The van der Waals surface area contributed by atoms with Crippen LogP contribution >= 0.6 is 0 Å². The molecular weight excluding hydrogens is 218 g/mol. The molecule has 6 N–H and O–H groups in total. The summed E-state index contributed by atoms with van der Waals surface area (Å²) in [6.07, 6.45) is -0.420. The summed E-state index contributed by atoms with van der Waals surface area (Å²) in [5, 5.41) is 12.7. The van der Waals surface area contributed by atoms with Gasteiger partial charge >= 0.3 is 0 Å². The van der Waals surface area contributed by atoms with E-state index in [1.165, 1.54) is 0 Å². The van der Waals surface area contributed by atoms with Crippen molar-refractivity contribution in [2.45, 2.75) is 19.1 Å². The van der Waals surface area contributed by atoms with Crippen molar-refractivity contribution in [2.75, 3.05) is 13.6 Å². The van der Waals surface area contributed by atoms with E-state index in [1.807, 2.05) is 44.3 Å². The molecule has 1 rings (SSSR count). The van der Waals surface area contributed by atoms with Gasteiger partial charge in [0.05, 0.1) is 12.6 Å². The summed E-state index contributed by atoms with van der Waals surface area (Å²) in [5.74, 6) is -0.468. The Balaban J connectivity index is 0.000000437. The molecule has 0 aromatic heterocycles. The number of nitrogens with one attached hydrogen (secondary N) is 1. The van der Waals surface area contributed by atoms with Gasteiger partial charge in [0, 0.05) is 6.04 Å². The van der Waals surface area contributed by atoms with E-state index in [4.69, 9.17) is 5.73 Å². The molecule has 5 nitrogen and oxygen atoms in total. The van der Waals surface area contributed by atoms with E-state index in [9.17, 15) is 9.90 Å². The smallest absolute Gasteiger partial charge is 0.231 e. The topological polar surface area (TPSA) is 101 Å². The fourth-order valence-corrected chi connectivity index (χ4v) is 1.10. The van der Waals surface area contributed by atoms with Gasteiger partial charge < -0.3 is 21.9 Å². The highest BCUT2D eigenvalue weighted by molar-refractivity contribution is 5.75. The molecule has 1 aromatic rings. The summed E-state index contributed by atoms with van der Waals surface area (Å²) in [7, 11) is 1.84. The second kappa shape index (κ2) is 8.69. The van der Waals surface area contributed by atoms with Gasteiger partial charge in [0.1, 0.15) is 0 Å². The minimum absolute atomic E-state index is 0.0556. The van der Waals surface area contributed by atoms with Gasteiger partial charge in [-0.1, -0.05) is 30.3 Å². The first-order valence-corrected chi connectivity index (χ1v) is 5.41. The van der Waals surface area contributed by atoms with Gasteiger partial charge in [-0.05, 0) is 19.5 Å². The Hall–Kier alpha value is -1.43. The summed E-state index contributed by atoms with van der Waals surface area (Å²) in [4.78, 5) is 9.47. The number of hydrogen-bond donors (Lipinski definition) is 4. The molecule has 0 saturated heterocycles. The van der Waals surface area contributed by atoms with E-state index in [0.29, 0.717) is 0 Å². The van der Waals surface area contributed by atoms with Crippen molar-refractivity contribution >= 4 is 5.91 Å². The van der Waals surface area contributed by atoms with Gasteiger partial charge in [-0.15, -0.1) is 0 Å². The highest BCUT2D eigenvalue weighted by atomic mass is 16.3. The number of aliphatic hydroxyl groups is 1. The molecule has 1 amide bonds. The van der Waals surface area contributed by atoms with Crippen LogP contribution in [-0.4, -0.2) is 30.6 Å². The van der Waals surface area contributed by atoms with E-state index in [1.54, 1.807) is 0 Å². The number of hydrogen-bond acceptors (Lipinski definition) is 4. The molecule has 0 aliphatic rings. The molecule has 17 heavy (non-hydrogen) atoms. The summed E-state index contributed by atoms with van der Waals surface area (Å²) < 4.78 is 0. The molecular formula is C12H21N3O2. The summed E-state index contributed by atoms with van der Waals surface area (Å²) in [5.41, 5.74) is 10.2. The van der Waals surface area contributed by atoms with Gasteiger partial charge in [-0.3, -0.25) is 4.79 Å². The maximum Gasteiger partial charge on any atom is 0.231 e. The zero-order chi connectivity index (χ0) is 13.3. The first-order valence-electron chi connectivity index (χ1n) is 5.41. The van der Waals surface area contributed by atoms with Crippen LogP contribution in [0, 0.1) is 0 Å². The maximum absolute atomic E-state index is 9.73. The lowest BCUT2D eigenvalue weighted by Crippen LogP contribution is -2.28. The van der Waals surface area contributed by atoms with E-state index in [-0.39, 0.29) is 12.6 Å². The molecule has 0 aliphatic carbocycles. The summed E-state index contributed by atoms with van der Waals surface area (Å²) in [6, 6.07) is 9.76. The largest absolute Gasteiger partial charge is 0.387 e. The minimum Gasteiger partial charge on any atom is -0.387 e. The third kappa shape index (κ3) is 6.68. The lowest BCUT2D eigenvalue weighted by atomic mass is 10.0. The molecule has 0 heterocycles. The normalized spacial score (nSPS) is 13.2. The number of nitrogens with two attached hydrogens (primary N) is 2. The minimum atomic E-state index is -0.468. The van der Waals surface area contributed by atoms with Crippen molar-refractivity contribution in [1.29, 1.82) is 0 Å². The van der Waals surface area contributed by atoms with Crippen LogP contribution in [0.4, 0.5) is 0 Å². The van der Waals surface area contributed by atoms with Gasteiger partial charge in [0.2, 0.25) is 5.91 Å². The predicted octanol–water partition coefficient (Wildman–Crippen LogP) is -0.242. The summed E-state index contributed by atoms with van der Waals surface area (Å²) >= 11 is 0. The molecule has 5 heteroatoms. The number of carbonyl (C=O) groups excluding carboxylic acids is 1. The van der Waals surface area contributed by atoms with Crippen LogP contribution in [0.5, 0.6) is 0 Å². The average Bonchev–Trinajstić information content (AvgIpc) is 2.38. The Labute approximate surface area is 102 Å². The number of likely N-dealkylation sites (N-methyl/N-ethyl adjacent to an activating group) is 1. The van der Waals surface area contributed by atoms with Crippen LogP contribution in [0.15, 0.2) is 30.3 Å². The van der Waals surface area contributed by atoms with Crippen LogP contribution in [-0.2, 0) is 4.79 Å². The zero-order valence-corrected chi connectivity index (χ0v) is 10.3. The molecule has 0 aliphatic heterocycles. The van der Waals surface area contributed by atoms with E-state index in [2.05, 4.69) is 11.1 Å². The molecule has 0 fully saturated rings. The zero-order valence-electron chi connectivity index (χ0n) is 10.3. The highest BCUT2D eigenvalue weighted by Crippen LogP contribution is 2.15. The monoisotopic (exact) mass is 239 g/mol. The quantitative estimate of drug-likeness (QED) is 0.582. The lowest BCUT2D eigenvalue weighted by Gasteiger charge is -2.17. The fourth-order valence-electron chi connectivity index (χ4n) is 1.10. The fraction of sp³-hybridized carbons (Fsp3) is 0.417. The Morgan fingerprint density at radius 2 is 1.88 bits per heavy atom. The first kappa shape index (κ1) is 15.6. The number of aliphatic hydroxyl groups excluding tert-OH is 1. The van der Waals surface area contributed by atoms with Crippen LogP contribution in [0.2, 0.25) is 0 Å². The molecule has 0 radical (unpaired) electrons. The van der Waals surface area contributed by atoms with E-state index in [0.717, 1.165) is 5.56 Å². The molecule has 0 saturated carbocycles. The SMILES string of the molecule is CN[C@@H](C)[C@@H](O)c1ccccc1.NCC(N)=O. The lowest BCUT2D eigenvalue weighted by molar-refractivity contribution is -0.116. The molecule has 0 unspecified atom stereocenters. The third-order valence-corrected chi connectivity index (χ3v) is 2.27. The van der Waals surface area contributed by atoms with Crippen LogP contribution in [0.1, 0.15) is 18.6 Å². The van der Waals surface area contributed by atoms with Crippen molar-refractivity contribution in [3.63, 3.8) is 0 Å². The standard InChI is InChI=1S/C10H15NO.C2H6N2O/c1-8(11-2)10(12)9-6-4-3-5-7-9;3-1-2(4)5/h3-8,10-12H,1-2H3;1,3H2,(H2,4,5)/t8-,10+;/m0./s1. The number of amides is 1. The van der Waals surface area contributed by atoms with Gasteiger partial charge in [0.15, 0.2) is 0 Å². The molecule has 0 bridgehead atoms.